The molecular formula is C18H24FN3O5S. The second-order valence-corrected chi connectivity index (χ2v) is 9.25. The predicted octanol–water partition coefficient (Wildman–Crippen LogP) is 1.19. The second-order valence-electron chi connectivity index (χ2n) is 7.66. The maximum absolute atomic E-state index is 15.0. The maximum Gasteiger partial charge on any atom is 0.326 e. The first kappa shape index (κ1) is 19.3. The first-order chi connectivity index (χ1) is 13.3. The lowest BCUT2D eigenvalue weighted by atomic mass is 10.0. The van der Waals surface area contributed by atoms with Crippen LogP contribution in [0.2, 0.25) is 0 Å². The minimum atomic E-state index is -4.21. The van der Waals surface area contributed by atoms with E-state index in [-0.39, 0.29) is 23.8 Å². The van der Waals surface area contributed by atoms with Gasteiger partial charge < -0.3 is 15.2 Å². The minimum Gasteiger partial charge on any atom is -0.505 e. The molecule has 2 aliphatic heterocycles. The first-order valence-corrected chi connectivity index (χ1v) is 11.0. The van der Waals surface area contributed by atoms with Crippen molar-refractivity contribution in [1.82, 2.24) is 10.0 Å². The Hall–Kier alpha value is -2.07. The van der Waals surface area contributed by atoms with Crippen LogP contribution >= 0.6 is 0 Å². The maximum atomic E-state index is 15.0. The number of anilines is 1. The fourth-order valence-electron chi connectivity index (χ4n) is 4.25. The Labute approximate surface area is 163 Å². The molecule has 0 bridgehead atoms. The van der Waals surface area contributed by atoms with E-state index in [0.717, 1.165) is 18.9 Å². The third kappa shape index (κ3) is 3.62. The molecule has 4 rings (SSSR count). The summed E-state index contributed by atoms with van der Waals surface area (Å²) in [5, 5.41) is 13.5. The van der Waals surface area contributed by atoms with Gasteiger partial charge in [0.15, 0.2) is 5.82 Å². The fraction of sp³-hybridized carbons (Fsp3) is 0.611. The van der Waals surface area contributed by atoms with Gasteiger partial charge in [0, 0.05) is 24.6 Å². The van der Waals surface area contributed by atoms with Gasteiger partial charge in [-0.25, -0.2) is 13.4 Å². The van der Waals surface area contributed by atoms with Crippen molar-refractivity contribution in [2.75, 3.05) is 23.9 Å². The number of phenolic OH excluding ortho intramolecular Hbond substituents is 1. The van der Waals surface area contributed by atoms with Crippen molar-refractivity contribution in [3.05, 3.63) is 17.4 Å². The smallest absolute Gasteiger partial charge is 0.326 e. The van der Waals surface area contributed by atoms with E-state index in [2.05, 4.69) is 5.32 Å². The molecule has 8 nitrogen and oxygen atoms in total. The Morgan fingerprint density at radius 3 is 2.79 bits per heavy atom. The third-order valence-electron chi connectivity index (χ3n) is 5.65. The number of rotatable bonds is 6. The number of carbonyl (C=O) groups is 1. The van der Waals surface area contributed by atoms with E-state index in [1.165, 1.54) is 31.7 Å². The number of carbonyl (C=O) groups excluding carboxylic acids is 1. The first-order valence-electron chi connectivity index (χ1n) is 9.60. The predicted molar refractivity (Wildman–Crippen MR) is 100 cm³/mol. The summed E-state index contributed by atoms with van der Waals surface area (Å²) in [6.07, 6.45) is 6.29. The number of nitrogens with zero attached hydrogens (tertiary/aromatic N) is 1. The molecule has 10 heteroatoms. The molecule has 2 fully saturated rings. The Bertz CT molecular complexity index is 886. The number of fused-ring (bicyclic) bond motifs is 1. The molecule has 1 saturated carbocycles. The number of aromatic hydroxyl groups is 1. The van der Waals surface area contributed by atoms with Gasteiger partial charge in [-0.2, -0.15) is 8.42 Å². The van der Waals surface area contributed by atoms with Gasteiger partial charge in [0.05, 0.1) is 0 Å². The van der Waals surface area contributed by atoms with Crippen LogP contribution in [0.5, 0.6) is 11.5 Å². The number of hydrogen-bond acceptors (Lipinski definition) is 6. The molecule has 1 saturated heterocycles. The van der Waals surface area contributed by atoms with Crippen molar-refractivity contribution in [3.8, 4) is 11.5 Å². The Balaban J connectivity index is 1.43. The van der Waals surface area contributed by atoms with Crippen LogP contribution in [0.25, 0.3) is 0 Å². The second kappa shape index (κ2) is 7.40. The van der Waals surface area contributed by atoms with Crippen molar-refractivity contribution in [2.24, 2.45) is 5.92 Å². The lowest BCUT2D eigenvalue weighted by Gasteiger charge is -2.18. The molecule has 1 aromatic rings. The SMILES string of the molecule is O=C1CN(c2c(O)cc3c(c2F)C[C@H](CNCCC2CCCC2)O3)S(=O)(=O)N1. The van der Waals surface area contributed by atoms with E-state index in [4.69, 9.17) is 4.74 Å². The van der Waals surface area contributed by atoms with Crippen molar-refractivity contribution in [1.29, 1.82) is 0 Å². The number of amides is 1. The summed E-state index contributed by atoms with van der Waals surface area (Å²) in [5.41, 5.74) is -0.305. The number of nitrogens with one attached hydrogen (secondary N) is 2. The summed E-state index contributed by atoms with van der Waals surface area (Å²) in [5.74, 6) is -1.24. The molecule has 1 aromatic carbocycles. The summed E-state index contributed by atoms with van der Waals surface area (Å²) in [6, 6.07) is 1.21. The average Bonchev–Trinajstić information content (AvgIpc) is 3.31. The highest BCUT2D eigenvalue weighted by Gasteiger charge is 2.40. The van der Waals surface area contributed by atoms with Crippen molar-refractivity contribution < 1.29 is 27.4 Å². The van der Waals surface area contributed by atoms with Gasteiger partial charge >= 0.3 is 10.2 Å². The summed E-state index contributed by atoms with van der Waals surface area (Å²) in [4.78, 5) is 11.4. The molecular weight excluding hydrogens is 389 g/mol. The highest BCUT2D eigenvalue weighted by Crippen LogP contribution is 2.43. The summed E-state index contributed by atoms with van der Waals surface area (Å²) >= 11 is 0. The van der Waals surface area contributed by atoms with E-state index in [1.54, 1.807) is 4.72 Å². The molecule has 3 N–H and O–H groups in total. The Morgan fingerprint density at radius 2 is 2.11 bits per heavy atom. The molecule has 154 valence electrons. The van der Waals surface area contributed by atoms with E-state index >= 15 is 4.39 Å². The average molecular weight is 413 g/mol. The van der Waals surface area contributed by atoms with Crippen molar-refractivity contribution in [2.45, 2.75) is 44.6 Å². The van der Waals surface area contributed by atoms with Gasteiger partial charge in [0.2, 0.25) is 0 Å². The number of benzene rings is 1. The van der Waals surface area contributed by atoms with Crippen LogP contribution in [0.4, 0.5) is 10.1 Å². The van der Waals surface area contributed by atoms with Gasteiger partial charge in [0.1, 0.15) is 29.8 Å². The van der Waals surface area contributed by atoms with Gasteiger partial charge in [0.25, 0.3) is 5.91 Å². The molecule has 0 radical (unpaired) electrons. The van der Waals surface area contributed by atoms with E-state index in [9.17, 15) is 18.3 Å². The summed E-state index contributed by atoms with van der Waals surface area (Å²) in [7, 11) is -4.21. The van der Waals surface area contributed by atoms with E-state index < -0.39 is 39.9 Å². The number of ether oxygens (including phenoxy) is 1. The van der Waals surface area contributed by atoms with Crippen LogP contribution in [0, 0.1) is 11.7 Å². The largest absolute Gasteiger partial charge is 0.505 e. The monoisotopic (exact) mass is 413 g/mol. The van der Waals surface area contributed by atoms with Crippen LogP contribution in [0.1, 0.15) is 37.7 Å². The number of halogens is 1. The lowest BCUT2D eigenvalue weighted by molar-refractivity contribution is -0.117. The number of hydrogen-bond donors (Lipinski definition) is 3. The number of phenols is 1. The van der Waals surface area contributed by atoms with Crippen LogP contribution in [-0.2, 0) is 21.4 Å². The van der Waals surface area contributed by atoms with Crippen molar-refractivity contribution in [3.63, 3.8) is 0 Å². The van der Waals surface area contributed by atoms with Gasteiger partial charge in [-0.05, 0) is 18.9 Å². The topological polar surface area (TPSA) is 108 Å². The van der Waals surface area contributed by atoms with Crippen LogP contribution in [0.15, 0.2) is 6.07 Å². The Kier molecular flexibility index (Phi) is 5.09. The van der Waals surface area contributed by atoms with Gasteiger partial charge in [-0.15, -0.1) is 0 Å². The van der Waals surface area contributed by atoms with E-state index in [0.29, 0.717) is 10.8 Å². The third-order valence-corrected chi connectivity index (χ3v) is 7.03. The van der Waals surface area contributed by atoms with Crippen LogP contribution < -0.4 is 19.1 Å². The molecule has 3 aliphatic rings. The molecule has 28 heavy (non-hydrogen) atoms. The quantitative estimate of drug-likeness (QED) is 0.605. The van der Waals surface area contributed by atoms with Gasteiger partial charge in [-0.3, -0.25) is 4.79 Å². The molecule has 2 heterocycles. The molecule has 0 spiro atoms. The summed E-state index contributed by atoms with van der Waals surface area (Å²) in [6.45, 7) is 0.844. The zero-order chi connectivity index (χ0) is 19.9. The summed E-state index contributed by atoms with van der Waals surface area (Å²) < 4.78 is 47.1. The molecule has 1 aliphatic carbocycles. The fourth-order valence-corrected chi connectivity index (χ4v) is 5.42. The van der Waals surface area contributed by atoms with Crippen LogP contribution in [-0.4, -0.2) is 45.2 Å². The minimum absolute atomic E-state index is 0.206. The highest BCUT2D eigenvalue weighted by atomic mass is 32.2. The highest BCUT2D eigenvalue weighted by molar-refractivity contribution is 7.92. The molecule has 0 unspecified atom stereocenters. The lowest BCUT2D eigenvalue weighted by Crippen LogP contribution is -2.31. The standard InChI is InChI=1S/C18H24FN3O5S/c19-17-13-7-12(9-20-6-5-11-3-1-2-4-11)27-15(13)8-14(23)18(17)22-10-16(24)21-28(22,25)26/h8,11-12,20,23H,1-7,9-10H2,(H,21,24)/t12-/m1/s1. The molecule has 1 atom stereocenters. The zero-order valence-electron chi connectivity index (χ0n) is 15.4. The van der Waals surface area contributed by atoms with Crippen LogP contribution in [0.3, 0.4) is 0 Å². The molecule has 0 aromatic heterocycles. The molecule has 1 amide bonds. The van der Waals surface area contributed by atoms with Crippen molar-refractivity contribution >= 4 is 21.8 Å². The zero-order valence-corrected chi connectivity index (χ0v) is 16.2. The van der Waals surface area contributed by atoms with Gasteiger partial charge in [-0.1, -0.05) is 25.7 Å². The van der Waals surface area contributed by atoms with E-state index in [1.807, 2.05) is 0 Å². The normalized spacial score (nSPS) is 23.7. The Morgan fingerprint density at radius 1 is 1.36 bits per heavy atom.